The Morgan fingerprint density at radius 1 is 1.20 bits per heavy atom. The molecule has 30 heavy (non-hydrogen) atoms. The molecule has 0 bridgehead atoms. The second kappa shape index (κ2) is 8.38. The smallest absolute Gasteiger partial charge is 0.258 e. The quantitative estimate of drug-likeness (QED) is 0.511. The van der Waals surface area contributed by atoms with Crippen LogP contribution >= 0.6 is 11.3 Å². The molecule has 4 rings (SSSR count). The molecular weight excluding hydrogens is 402 g/mol. The van der Waals surface area contributed by atoms with Gasteiger partial charge in [0.1, 0.15) is 18.1 Å². The first kappa shape index (κ1) is 19.7. The van der Waals surface area contributed by atoms with Gasteiger partial charge in [0.15, 0.2) is 4.96 Å². The molecule has 0 radical (unpaired) electrons. The van der Waals surface area contributed by atoms with Crippen molar-refractivity contribution in [3.8, 4) is 11.5 Å². The van der Waals surface area contributed by atoms with Gasteiger partial charge in [0, 0.05) is 23.2 Å². The van der Waals surface area contributed by atoms with Crippen molar-refractivity contribution in [2.24, 2.45) is 0 Å². The van der Waals surface area contributed by atoms with E-state index in [1.54, 1.807) is 49.0 Å². The number of anilines is 1. The summed E-state index contributed by atoms with van der Waals surface area (Å²) in [5.74, 6) is 0.815. The molecule has 0 aliphatic carbocycles. The van der Waals surface area contributed by atoms with Crippen molar-refractivity contribution in [3.63, 3.8) is 0 Å². The van der Waals surface area contributed by atoms with Gasteiger partial charge in [-0.1, -0.05) is 12.1 Å². The Morgan fingerprint density at radius 2 is 2.07 bits per heavy atom. The minimum Gasteiger partial charge on any atom is -0.497 e. The first-order valence-electron chi connectivity index (χ1n) is 9.18. The predicted molar refractivity (Wildman–Crippen MR) is 116 cm³/mol. The molecule has 8 heteroatoms. The third-order valence-corrected chi connectivity index (χ3v) is 5.20. The molecule has 4 aromatic rings. The van der Waals surface area contributed by atoms with Gasteiger partial charge < -0.3 is 14.8 Å². The van der Waals surface area contributed by atoms with Crippen LogP contribution in [0.3, 0.4) is 0 Å². The number of ether oxygens (including phenoxy) is 2. The number of methoxy groups -OCH3 is 1. The van der Waals surface area contributed by atoms with E-state index in [1.165, 1.54) is 21.8 Å². The van der Waals surface area contributed by atoms with Gasteiger partial charge in [-0.05, 0) is 42.8 Å². The van der Waals surface area contributed by atoms with Crippen molar-refractivity contribution >= 4 is 27.9 Å². The first-order valence-corrected chi connectivity index (χ1v) is 10.1. The number of aryl methyl sites for hydroxylation is 1. The highest BCUT2D eigenvalue weighted by Crippen LogP contribution is 2.27. The molecule has 0 aliphatic rings. The highest BCUT2D eigenvalue weighted by Gasteiger charge is 2.12. The number of rotatable bonds is 6. The molecule has 0 saturated carbocycles. The fourth-order valence-electron chi connectivity index (χ4n) is 2.94. The van der Waals surface area contributed by atoms with Gasteiger partial charge in [0.2, 0.25) is 0 Å². The molecular formula is C22H19N3O4S. The van der Waals surface area contributed by atoms with Crippen LogP contribution in [0.25, 0.3) is 4.96 Å². The molecule has 0 unspecified atom stereocenters. The monoisotopic (exact) mass is 421 g/mol. The Balaban J connectivity index is 1.55. The van der Waals surface area contributed by atoms with Crippen molar-refractivity contribution in [1.82, 2.24) is 9.38 Å². The summed E-state index contributed by atoms with van der Waals surface area (Å²) in [6.07, 6.45) is 1.69. The molecule has 152 valence electrons. The Labute approximate surface area is 176 Å². The summed E-state index contributed by atoms with van der Waals surface area (Å²) >= 11 is 1.38. The molecule has 0 saturated heterocycles. The largest absolute Gasteiger partial charge is 0.497 e. The predicted octanol–water partition coefficient (Wildman–Crippen LogP) is 3.90. The van der Waals surface area contributed by atoms with E-state index >= 15 is 0 Å². The maximum Gasteiger partial charge on any atom is 0.258 e. The molecule has 0 aliphatic heterocycles. The highest BCUT2D eigenvalue weighted by molar-refractivity contribution is 7.15. The Morgan fingerprint density at radius 3 is 2.90 bits per heavy atom. The van der Waals surface area contributed by atoms with E-state index in [4.69, 9.17) is 9.47 Å². The average Bonchev–Trinajstić information content (AvgIpc) is 3.22. The standard InChI is InChI=1S/C22H19N3O4S/c1-14-6-7-19(29-13-16-12-20(26)25-8-9-30-22(25)23-16)18(10-14)24-21(27)15-4-3-5-17(11-15)28-2/h3-12H,13H2,1-2H3,(H,24,27). The van der Waals surface area contributed by atoms with Crippen LogP contribution in [-0.2, 0) is 6.61 Å². The van der Waals surface area contributed by atoms with Crippen LogP contribution < -0.4 is 20.3 Å². The minimum atomic E-state index is -0.277. The van der Waals surface area contributed by atoms with E-state index < -0.39 is 0 Å². The molecule has 0 spiro atoms. The van der Waals surface area contributed by atoms with Crippen molar-refractivity contribution in [2.75, 3.05) is 12.4 Å². The average molecular weight is 421 g/mol. The summed E-state index contributed by atoms with van der Waals surface area (Å²) < 4.78 is 12.6. The second-order valence-electron chi connectivity index (χ2n) is 6.62. The van der Waals surface area contributed by atoms with E-state index in [0.717, 1.165) is 5.56 Å². The van der Waals surface area contributed by atoms with Crippen molar-refractivity contribution in [2.45, 2.75) is 13.5 Å². The molecule has 2 aromatic carbocycles. The van der Waals surface area contributed by atoms with Crippen molar-refractivity contribution < 1.29 is 14.3 Å². The number of carbonyl (C=O) groups is 1. The van der Waals surface area contributed by atoms with Gasteiger partial charge in [-0.15, -0.1) is 11.3 Å². The number of aromatic nitrogens is 2. The molecule has 1 amide bonds. The number of amides is 1. The van der Waals surface area contributed by atoms with Crippen LogP contribution in [0, 0.1) is 6.92 Å². The van der Waals surface area contributed by atoms with E-state index in [1.807, 2.05) is 19.1 Å². The summed E-state index contributed by atoms with van der Waals surface area (Å²) in [5, 5.41) is 4.69. The van der Waals surface area contributed by atoms with Gasteiger partial charge in [-0.25, -0.2) is 4.98 Å². The normalized spacial score (nSPS) is 10.7. The molecule has 2 heterocycles. The van der Waals surface area contributed by atoms with Crippen LogP contribution in [0.15, 0.2) is 64.9 Å². The number of hydrogen-bond acceptors (Lipinski definition) is 6. The lowest BCUT2D eigenvalue weighted by Gasteiger charge is -2.13. The zero-order valence-electron chi connectivity index (χ0n) is 16.4. The van der Waals surface area contributed by atoms with Crippen LogP contribution in [0.2, 0.25) is 0 Å². The van der Waals surface area contributed by atoms with Gasteiger partial charge in [0.25, 0.3) is 11.5 Å². The van der Waals surface area contributed by atoms with Gasteiger partial charge in [-0.2, -0.15) is 0 Å². The van der Waals surface area contributed by atoms with E-state index in [9.17, 15) is 9.59 Å². The van der Waals surface area contributed by atoms with Crippen LogP contribution in [0.1, 0.15) is 21.6 Å². The summed E-state index contributed by atoms with van der Waals surface area (Å²) in [5.41, 5.74) is 2.35. The number of fused-ring (bicyclic) bond motifs is 1. The van der Waals surface area contributed by atoms with Crippen LogP contribution in [0.5, 0.6) is 11.5 Å². The fraction of sp³-hybridized carbons (Fsp3) is 0.136. The zero-order valence-corrected chi connectivity index (χ0v) is 17.2. The van der Waals surface area contributed by atoms with Gasteiger partial charge >= 0.3 is 0 Å². The van der Waals surface area contributed by atoms with Crippen molar-refractivity contribution in [3.05, 3.63) is 87.3 Å². The van der Waals surface area contributed by atoms with Crippen LogP contribution in [0.4, 0.5) is 5.69 Å². The third kappa shape index (κ3) is 4.18. The highest BCUT2D eigenvalue weighted by atomic mass is 32.1. The Hall–Kier alpha value is -3.65. The Bertz CT molecular complexity index is 1280. The number of benzene rings is 2. The maximum atomic E-state index is 12.7. The summed E-state index contributed by atoms with van der Waals surface area (Å²) in [7, 11) is 1.55. The number of thiazole rings is 1. The molecule has 0 fully saturated rings. The van der Waals surface area contributed by atoms with Gasteiger partial charge in [0.05, 0.1) is 18.5 Å². The zero-order chi connectivity index (χ0) is 21.1. The number of hydrogen-bond donors (Lipinski definition) is 1. The lowest BCUT2D eigenvalue weighted by Crippen LogP contribution is -2.15. The van der Waals surface area contributed by atoms with E-state index in [2.05, 4.69) is 10.3 Å². The van der Waals surface area contributed by atoms with Crippen LogP contribution in [-0.4, -0.2) is 22.4 Å². The number of nitrogens with one attached hydrogen (secondary N) is 1. The van der Waals surface area contributed by atoms with Crippen molar-refractivity contribution in [1.29, 1.82) is 0 Å². The van der Waals surface area contributed by atoms with E-state index in [-0.39, 0.29) is 18.1 Å². The van der Waals surface area contributed by atoms with Gasteiger partial charge in [-0.3, -0.25) is 14.0 Å². The Kier molecular flexibility index (Phi) is 5.49. The van der Waals surface area contributed by atoms with E-state index in [0.29, 0.717) is 33.4 Å². The molecule has 0 atom stereocenters. The lowest BCUT2D eigenvalue weighted by molar-refractivity contribution is 0.102. The second-order valence-corrected chi connectivity index (χ2v) is 7.49. The maximum absolute atomic E-state index is 12.7. The topological polar surface area (TPSA) is 81.9 Å². The minimum absolute atomic E-state index is 0.106. The number of carbonyl (C=O) groups excluding carboxylic acids is 1. The number of nitrogens with zero attached hydrogens (tertiary/aromatic N) is 2. The molecule has 2 aromatic heterocycles. The SMILES string of the molecule is COc1cccc(C(=O)Nc2cc(C)ccc2OCc2cc(=O)n3ccsc3n2)c1. The first-order chi connectivity index (χ1) is 14.5. The summed E-state index contributed by atoms with van der Waals surface area (Å²) in [4.78, 5) is 29.9. The molecule has 1 N–H and O–H groups in total. The summed E-state index contributed by atoms with van der Waals surface area (Å²) in [6.45, 7) is 2.03. The lowest BCUT2D eigenvalue weighted by atomic mass is 10.1. The third-order valence-electron chi connectivity index (χ3n) is 4.45. The fourth-order valence-corrected chi connectivity index (χ4v) is 3.68. The summed E-state index contributed by atoms with van der Waals surface area (Å²) in [6, 6.07) is 13.9. The molecule has 7 nitrogen and oxygen atoms in total.